The second kappa shape index (κ2) is 6.16. The van der Waals surface area contributed by atoms with Crippen molar-refractivity contribution in [3.8, 4) is 5.75 Å². The van der Waals surface area contributed by atoms with Crippen molar-refractivity contribution >= 4 is 5.97 Å². The van der Waals surface area contributed by atoms with Crippen LogP contribution in [0.4, 0.5) is 0 Å². The highest BCUT2D eigenvalue weighted by Gasteiger charge is 2.09. The van der Waals surface area contributed by atoms with Gasteiger partial charge in [-0.3, -0.25) is 0 Å². The summed E-state index contributed by atoms with van der Waals surface area (Å²) in [5, 5.41) is 8.93. The lowest BCUT2D eigenvalue weighted by molar-refractivity contribution is 0.0692. The summed E-state index contributed by atoms with van der Waals surface area (Å²) < 4.78 is 5.47. The molecular weight excluding hydrogens is 204 g/mol. The first kappa shape index (κ1) is 12.6. The standard InChI is InChI=1S/C13H18O3/c1-10(2)6-5-9-16-12-8-4-3-7-11(12)13(14)15/h3-4,7-8,10H,5-6,9H2,1-2H3,(H,14,15). The molecular formula is C13H18O3. The zero-order valence-corrected chi connectivity index (χ0v) is 9.77. The van der Waals surface area contributed by atoms with E-state index in [-0.39, 0.29) is 5.56 Å². The Balaban J connectivity index is 2.50. The summed E-state index contributed by atoms with van der Waals surface area (Å²) in [5.41, 5.74) is 0.229. The fourth-order valence-electron chi connectivity index (χ4n) is 1.44. The van der Waals surface area contributed by atoms with Gasteiger partial charge in [0.25, 0.3) is 0 Å². The van der Waals surface area contributed by atoms with Crippen LogP contribution in [-0.4, -0.2) is 17.7 Å². The summed E-state index contributed by atoms with van der Waals surface area (Å²) in [4.78, 5) is 10.9. The van der Waals surface area contributed by atoms with Gasteiger partial charge in [0.2, 0.25) is 0 Å². The number of aromatic carboxylic acids is 1. The first-order chi connectivity index (χ1) is 7.61. The van der Waals surface area contributed by atoms with E-state index in [9.17, 15) is 4.79 Å². The number of carbonyl (C=O) groups is 1. The van der Waals surface area contributed by atoms with Gasteiger partial charge in [-0.2, -0.15) is 0 Å². The Morgan fingerprint density at radius 1 is 1.38 bits per heavy atom. The Bertz CT molecular complexity index is 345. The quantitative estimate of drug-likeness (QED) is 0.752. The average molecular weight is 222 g/mol. The van der Waals surface area contributed by atoms with Gasteiger partial charge in [-0.05, 0) is 30.9 Å². The Labute approximate surface area is 96.1 Å². The van der Waals surface area contributed by atoms with E-state index in [2.05, 4.69) is 13.8 Å². The van der Waals surface area contributed by atoms with Crippen molar-refractivity contribution in [3.05, 3.63) is 29.8 Å². The minimum absolute atomic E-state index is 0.229. The Hall–Kier alpha value is -1.51. The molecule has 16 heavy (non-hydrogen) atoms. The number of para-hydroxylation sites is 1. The molecule has 3 nitrogen and oxygen atoms in total. The number of carboxylic acid groups (broad SMARTS) is 1. The van der Waals surface area contributed by atoms with E-state index in [0.29, 0.717) is 18.3 Å². The minimum Gasteiger partial charge on any atom is -0.493 e. The zero-order chi connectivity index (χ0) is 12.0. The van der Waals surface area contributed by atoms with E-state index in [0.717, 1.165) is 12.8 Å². The van der Waals surface area contributed by atoms with Gasteiger partial charge in [-0.15, -0.1) is 0 Å². The molecule has 0 aromatic heterocycles. The van der Waals surface area contributed by atoms with E-state index >= 15 is 0 Å². The first-order valence-corrected chi connectivity index (χ1v) is 5.56. The number of hydrogen-bond donors (Lipinski definition) is 1. The van der Waals surface area contributed by atoms with Crippen LogP contribution >= 0.6 is 0 Å². The SMILES string of the molecule is CC(C)CCCOc1ccccc1C(=O)O. The third-order valence-corrected chi connectivity index (χ3v) is 2.30. The molecule has 0 aliphatic heterocycles. The summed E-state index contributed by atoms with van der Waals surface area (Å²) in [6.45, 7) is 4.89. The smallest absolute Gasteiger partial charge is 0.339 e. The van der Waals surface area contributed by atoms with Crippen LogP contribution in [0.25, 0.3) is 0 Å². The predicted molar refractivity (Wildman–Crippen MR) is 63.0 cm³/mol. The summed E-state index contributed by atoms with van der Waals surface area (Å²) in [5.74, 6) is 0.163. The lowest BCUT2D eigenvalue weighted by atomic mass is 10.1. The van der Waals surface area contributed by atoms with E-state index in [4.69, 9.17) is 9.84 Å². The van der Waals surface area contributed by atoms with Crippen molar-refractivity contribution in [2.24, 2.45) is 5.92 Å². The highest BCUT2D eigenvalue weighted by molar-refractivity contribution is 5.90. The van der Waals surface area contributed by atoms with E-state index in [1.807, 2.05) is 0 Å². The van der Waals surface area contributed by atoms with Gasteiger partial charge in [0.15, 0.2) is 0 Å². The van der Waals surface area contributed by atoms with Crippen LogP contribution in [0.3, 0.4) is 0 Å². The van der Waals surface area contributed by atoms with Gasteiger partial charge < -0.3 is 9.84 Å². The summed E-state index contributed by atoms with van der Waals surface area (Å²) in [7, 11) is 0. The molecule has 1 N–H and O–H groups in total. The second-order valence-corrected chi connectivity index (χ2v) is 4.19. The van der Waals surface area contributed by atoms with Gasteiger partial charge in [0.05, 0.1) is 6.61 Å². The molecule has 0 amide bonds. The van der Waals surface area contributed by atoms with Crippen molar-refractivity contribution < 1.29 is 14.6 Å². The van der Waals surface area contributed by atoms with Gasteiger partial charge in [0, 0.05) is 0 Å². The molecule has 88 valence electrons. The molecule has 0 bridgehead atoms. The first-order valence-electron chi connectivity index (χ1n) is 5.56. The van der Waals surface area contributed by atoms with Crippen LogP contribution in [0.2, 0.25) is 0 Å². The Morgan fingerprint density at radius 2 is 2.06 bits per heavy atom. The van der Waals surface area contributed by atoms with Crippen LogP contribution in [0.15, 0.2) is 24.3 Å². The van der Waals surface area contributed by atoms with E-state index in [1.165, 1.54) is 0 Å². The summed E-state index contributed by atoms with van der Waals surface area (Å²) in [6, 6.07) is 6.73. The average Bonchev–Trinajstić information content (AvgIpc) is 2.24. The van der Waals surface area contributed by atoms with Crippen LogP contribution in [0, 0.1) is 5.92 Å². The third kappa shape index (κ3) is 3.93. The second-order valence-electron chi connectivity index (χ2n) is 4.19. The number of benzene rings is 1. The molecule has 0 unspecified atom stereocenters. The normalized spacial score (nSPS) is 10.4. The molecule has 0 aliphatic carbocycles. The maximum atomic E-state index is 10.9. The predicted octanol–water partition coefficient (Wildman–Crippen LogP) is 3.20. The van der Waals surface area contributed by atoms with Crippen molar-refractivity contribution in [2.45, 2.75) is 26.7 Å². The monoisotopic (exact) mass is 222 g/mol. The van der Waals surface area contributed by atoms with Gasteiger partial charge >= 0.3 is 5.97 Å². The topological polar surface area (TPSA) is 46.5 Å². The highest BCUT2D eigenvalue weighted by atomic mass is 16.5. The van der Waals surface area contributed by atoms with Crippen LogP contribution in [0.1, 0.15) is 37.0 Å². The molecule has 1 aromatic rings. The highest BCUT2D eigenvalue weighted by Crippen LogP contribution is 2.18. The van der Waals surface area contributed by atoms with Crippen molar-refractivity contribution in [2.75, 3.05) is 6.61 Å². The van der Waals surface area contributed by atoms with Crippen molar-refractivity contribution in [1.29, 1.82) is 0 Å². The van der Waals surface area contributed by atoms with E-state index < -0.39 is 5.97 Å². The van der Waals surface area contributed by atoms with Crippen molar-refractivity contribution in [1.82, 2.24) is 0 Å². The van der Waals surface area contributed by atoms with Crippen LogP contribution < -0.4 is 4.74 Å². The molecule has 0 aliphatic rings. The van der Waals surface area contributed by atoms with E-state index in [1.54, 1.807) is 24.3 Å². The zero-order valence-electron chi connectivity index (χ0n) is 9.77. The molecule has 0 heterocycles. The third-order valence-electron chi connectivity index (χ3n) is 2.30. The number of ether oxygens (including phenoxy) is 1. The Morgan fingerprint density at radius 3 is 2.69 bits per heavy atom. The lowest BCUT2D eigenvalue weighted by Crippen LogP contribution is -2.05. The molecule has 0 spiro atoms. The molecule has 1 aromatic carbocycles. The molecule has 0 fully saturated rings. The van der Waals surface area contributed by atoms with Gasteiger partial charge in [-0.1, -0.05) is 26.0 Å². The van der Waals surface area contributed by atoms with Gasteiger partial charge in [-0.25, -0.2) is 4.79 Å². The molecule has 0 atom stereocenters. The maximum Gasteiger partial charge on any atom is 0.339 e. The summed E-state index contributed by atoms with van der Waals surface area (Å²) >= 11 is 0. The Kier molecular flexibility index (Phi) is 4.83. The van der Waals surface area contributed by atoms with Crippen LogP contribution in [0.5, 0.6) is 5.75 Å². The molecule has 0 radical (unpaired) electrons. The number of carboxylic acids is 1. The molecule has 3 heteroatoms. The van der Waals surface area contributed by atoms with Gasteiger partial charge in [0.1, 0.15) is 11.3 Å². The van der Waals surface area contributed by atoms with Crippen LogP contribution in [-0.2, 0) is 0 Å². The molecule has 1 rings (SSSR count). The fourth-order valence-corrected chi connectivity index (χ4v) is 1.44. The lowest BCUT2D eigenvalue weighted by Gasteiger charge is -2.09. The summed E-state index contributed by atoms with van der Waals surface area (Å²) in [6.07, 6.45) is 2.04. The molecule has 0 saturated heterocycles. The van der Waals surface area contributed by atoms with Crippen molar-refractivity contribution in [3.63, 3.8) is 0 Å². The number of rotatable bonds is 6. The fraction of sp³-hybridized carbons (Fsp3) is 0.462. The minimum atomic E-state index is -0.945. The maximum absolute atomic E-state index is 10.9. The largest absolute Gasteiger partial charge is 0.493 e. The number of hydrogen-bond acceptors (Lipinski definition) is 2. The molecule has 0 saturated carbocycles.